The standard InChI is InChI=1S/C16H17NO6S/c1-24(20,21)17-12-6-8-13(9-7-12)22-10-11-23-15-5-3-2-4-14(15)16(18)19/h2-9,17H,10-11H2,1H3,(H,18,19). The van der Waals surface area contributed by atoms with Gasteiger partial charge in [-0.3, -0.25) is 4.72 Å². The van der Waals surface area contributed by atoms with Crippen LogP contribution < -0.4 is 14.2 Å². The van der Waals surface area contributed by atoms with Crippen molar-refractivity contribution in [3.8, 4) is 11.5 Å². The van der Waals surface area contributed by atoms with Crippen LogP contribution >= 0.6 is 0 Å². The number of hydrogen-bond acceptors (Lipinski definition) is 5. The Morgan fingerprint density at radius 1 is 1.04 bits per heavy atom. The molecule has 2 aromatic carbocycles. The van der Waals surface area contributed by atoms with Gasteiger partial charge in [-0.1, -0.05) is 12.1 Å². The van der Waals surface area contributed by atoms with Gasteiger partial charge >= 0.3 is 5.97 Å². The van der Waals surface area contributed by atoms with Crippen LogP contribution in [0.1, 0.15) is 10.4 Å². The summed E-state index contributed by atoms with van der Waals surface area (Å²) < 4.78 is 35.4. The molecule has 0 amide bonds. The number of nitrogens with one attached hydrogen (secondary N) is 1. The highest BCUT2D eigenvalue weighted by Gasteiger charge is 2.09. The number of sulfonamides is 1. The lowest BCUT2D eigenvalue weighted by Crippen LogP contribution is -2.11. The van der Waals surface area contributed by atoms with Crippen molar-refractivity contribution < 1.29 is 27.8 Å². The maximum absolute atomic E-state index is 11.1. The SMILES string of the molecule is CS(=O)(=O)Nc1ccc(OCCOc2ccccc2C(=O)O)cc1. The highest BCUT2D eigenvalue weighted by atomic mass is 32.2. The molecule has 0 saturated carbocycles. The fraction of sp³-hybridized carbons (Fsp3) is 0.188. The number of hydrogen-bond donors (Lipinski definition) is 2. The molecule has 0 aliphatic carbocycles. The molecular formula is C16H17NO6S. The second kappa shape index (κ2) is 7.69. The van der Waals surface area contributed by atoms with E-state index in [9.17, 15) is 13.2 Å². The monoisotopic (exact) mass is 351 g/mol. The zero-order valence-electron chi connectivity index (χ0n) is 12.9. The molecule has 7 nitrogen and oxygen atoms in total. The number of carboxylic acid groups (broad SMARTS) is 1. The summed E-state index contributed by atoms with van der Waals surface area (Å²) >= 11 is 0. The lowest BCUT2D eigenvalue weighted by molar-refractivity contribution is 0.0691. The van der Waals surface area contributed by atoms with Crippen molar-refractivity contribution in [2.45, 2.75) is 0 Å². The number of carbonyl (C=O) groups is 1. The van der Waals surface area contributed by atoms with E-state index in [1.54, 1.807) is 42.5 Å². The summed E-state index contributed by atoms with van der Waals surface area (Å²) in [5.74, 6) is -0.231. The Kier molecular flexibility index (Phi) is 5.64. The second-order valence-corrected chi connectivity index (χ2v) is 6.65. The largest absolute Gasteiger partial charge is 0.490 e. The van der Waals surface area contributed by atoms with Gasteiger partial charge in [0.2, 0.25) is 10.0 Å². The van der Waals surface area contributed by atoms with Gasteiger partial charge in [0.05, 0.1) is 6.26 Å². The van der Waals surface area contributed by atoms with Crippen LogP contribution in [0.15, 0.2) is 48.5 Å². The molecule has 0 unspecified atom stereocenters. The molecule has 8 heteroatoms. The fourth-order valence-corrected chi connectivity index (χ4v) is 2.48. The molecule has 0 bridgehead atoms. The zero-order chi connectivity index (χ0) is 17.6. The third-order valence-electron chi connectivity index (χ3n) is 2.88. The molecule has 24 heavy (non-hydrogen) atoms. The normalized spacial score (nSPS) is 10.9. The fourth-order valence-electron chi connectivity index (χ4n) is 1.91. The van der Waals surface area contributed by atoms with Crippen molar-refractivity contribution in [3.05, 3.63) is 54.1 Å². The van der Waals surface area contributed by atoms with E-state index in [1.165, 1.54) is 6.07 Å². The molecule has 0 heterocycles. The van der Waals surface area contributed by atoms with Crippen LogP contribution in [0.4, 0.5) is 5.69 Å². The minimum absolute atomic E-state index is 0.0914. The van der Waals surface area contributed by atoms with Crippen LogP contribution in [0.3, 0.4) is 0 Å². The summed E-state index contributed by atoms with van der Waals surface area (Å²) in [5, 5.41) is 9.05. The molecule has 0 spiro atoms. The molecule has 128 valence electrons. The van der Waals surface area contributed by atoms with Crippen molar-refractivity contribution >= 4 is 21.7 Å². The highest BCUT2D eigenvalue weighted by Crippen LogP contribution is 2.18. The summed E-state index contributed by atoms with van der Waals surface area (Å²) in [7, 11) is -3.31. The van der Waals surface area contributed by atoms with E-state index in [0.717, 1.165) is 6.26 Å². The average molecular weight is 351 g/mol. The van der Waals surface area contributed by atoms with Gasteiger partial charge in [-0.05, 0) is 36.4 Å². The maximum atomic E-state index is 11.1. The summed E-state index contributed by atoms with van der Waals surface area (Å²) in [6.07, 6.45) is 1.07. The molecule has 0 radical (unpaired) electrons. The number of aromatic carboxylic acids is 1. The molecule has 0 saturated heterocycles. The molecule has 0 fully saturated rings. The first kappa shape index (κ1) is 17.6. The summed E-state index contributed by atoms with van der Waals surface area (Å²) in [6, 6.07) is 12.8. The molecule has 0 atom stereocenters. The van der Waals surface area contributed by atoms with Crippen LogP contribution in [0.2, 0.25) is 0 Å². The van der Waals surface area contributed by atoms with Gasteiger partial charge in [0.25, 0.3) is 0 Å². The van der Waals surface area contributed by atoms with Gasteiger partial charge in [-0.2, -0.15) is 0 Å². The smallest absolute Gasteiger partial charge is 0.339 e. The number of para-hydroxylation sites is 1. The van der Waals surface area contributed by atoms with Crippen molar-refractivity contribution in [1.82, 2.24) is 0 Å². The maximum Gasteiger partial charge on any atom is 0.339 e. The second-order valence-electron chi connectivity index (χ2n) is 4.90. The third-order valence-corrected chi connectivity index (χ3v) is 3.49. The minimum atomic E-state index is -3.31. The molecule has 0 aliphatic rings. The lowest BCUT2D eigenvalue weighted by Gasteiger charge is -2.10. The molecule has 0 aliphatic heterocycles. The Morgan fingerprint density at radius 3 is 2.29 bits per heavy atom. The van der Waals surface area contributed by atoms with E-state index in [-0.39, 0.29) is 24.5 Å². The van der Waals surface area contributed by atoms with Gasteiger partial charge in [0.15, 0.2) is 0 Å². The predicted octanol–water partition coefficient (Wildman–Crippen LogP) is 2.21. The van der Waals surface area contributed by atoms with Crippen molar-refractivity contribution in [2.75, 3.05) is 24.2 Å². The third kappa shape index (κ3) is 5.47. The summed E-state index contributed by atoms with van der Waals surface area (Å²) in [5.41, 5.74) is 0.533. The number of anilines is 1. The molecule has 2 rings (SSSR count). The zero-order valence-corrected chi connectivity index (χ0v) is 13.7. The minimum Gasteiger partial charge on any atom is -0.490 e. The number of benzene rings is 2. The Labute approximate surface area is 139 Å². The van der Waals surface area contributed by atoms with Gasteiger partial charge < -0.3 is 14.6 Å². The van der Waals surface area contributed by atoms with Crippen LogP contribution in [-0.4, -0.2) is 39.0 Å². The van der Waals surface area contributed by atoms with Crippen LogP contribution in [0.5, 0.6) is 11.5 Å². The first-order chi connectivity index (χ1) is 11.3. The molecule has 2 aromatic rings. The quantitative estimate of drug-likeness (QED) is 0.707. The first-order valence-corrected chi connectivity index (χ1v) is 8.90. The summed E-state index contributed by atoms with van der Waals surface area (Å²) in [6.45, 7) is 0.389. The first-order valence-electron chi connectivity index (χ1n) is 7.01. The van der Waals surface area contributed by atoms with Gasteiger partial charge in [0, 0.05) is 5.69 Å². The van der Waals surface area contributed by atoms with E-state index in [1.807, 2.05) is 0 Å². The molecular weight excluding hydrogens is 334 g/mol. The Hall–Kier alpha value is -2.74. The van der Waals surface area contributed by atoms with E-state index < -0.39 is 16.0 Å². The number of ether oxygens (including phenoxy) is 2. The lowest BCUT2D eigenvalue weighted by atomic mass is 10.2. The van der Waals surface area contributed by atoms with Crippen molar-refractivity contribution in [2.24, 2.45) is 0 Å². The molecule has 0 aromatic heterocycles. The Balaban J connectivity index is 1.84. The average Bonchev–Trinajstić information content (AvgIpc) is 2.52. The molecule has 2 N–H and O–H groups in total. The van der Waals surface area contributed by atoms with E-state index in [2.05, 4.69) is 4.72 Å². The van der Waals surface area contributed by atoms with Crippen LogP contribution in [0.25, 0.3) is 0 Å². The van der Waals surface area contributed by atoms with Gasteiger partial charge in [-0.15, -0.1) is 0 Å². The highest BCUT2D eigenvalue weighted by molar-refractivity contribution is 7.92. The van der Waals surface area contributed by atoms with Gasteiger partial charge in [-0.25, -0.2) is 13.2 Å². The Bertz CT molecular complexity index is 802. The topological polar surface area (TPSA) is 102 Å². The van der Waals surface area contributed by atoms with Crippen molar-refractivity contribution in [1.29, 1.82) is 0 Å². The van der Waals surface area contributed by atoms with Crippen LogP contribution in [0, 0.1) is 0 Å². The van der Waals surface area contributed by atoms with Crippen LogP contribution in [-0.2, 0) is 10.0 Å². The predicted molar refractivity (Wildman–Crippen MR) is 89.3 cm³/mol. The Morgan fingerprint density at radius 2 is 1.67 bits per heavy atom. The van der Waals surface area contributed by atoms with Crippen molar-refractivity contribution in [3.63, 3.8) is 0 Å². The van der Waals surface area contributed by atoms with E-state index in [4.69, 9.17) is 14.6 Å². The van der Waals surface area contributed by atoms with Gasteiger partial charge in [0.1, 0.15) is 30.3 Å². The summed E-state index contributed by atoms with van der Waals surface area (Å²) in [4.78, 5) is 11.0. The van der Waals surface area contributed by atoms with E-state index in [0.29, 0.717) is 11.4 Å². The number of rotatable bonds is 8. The number of carboxylic acids is 1. The van der Waals surface area contributed by atoms with E-state index >= 15 is 0 Å².